The normalized spacial score (nSPS) is 10.8. The lowest BCUT2D eigenvalue weighted by Crippen LogP contribution is -2.36. The Balaban J connectivity index is 2.77. The lowest BCUT2D eigenvalue weighted by Gasteiger charge is -2.23. The third-order valence-corrected chi connectivity index (χ3v) is 3.34. The Hall–Kier alpha value is -1.26. The van der Waals surface area contributed by atoms with Crippen LogP contribution in [0.5, 0.6) is 0 Å². The lowest BCUT2D eigenvalue weighted by atomic mass is 10.1. The monoisotopic (exact) mass is 311 g/mol. The molecule has 0 radical (unpaired) electrons. The number of rotatable bonds is 8. The molecule has 0 aromatic heterocycles. The third kappa shape index (κ3) is 6.36. The number of hydrogen-bond donors (Lipinski definition) is 2. The summed E-state index contributed by atoms with van der Waals surface area (Å²) in [5.41, 5.74) is 2.13. The van der Waals surface area contributed by atoms with Crippen molar-refractivity contribution < 1.29 is 4.79 Å². The number of carbonyl (C=O) groups excluding carboxylic acids is 1. The Bertz CT molecular complexity index is 463. The van der Waals surface area contributed by atoms with Gasteiger partial charge in [-0.25, -0.2) is 0 Å². The molecule has 0 aliphatic carbocycles. The van der Waals surface area contributed by atoms with Crippen molar-refractivity contribution in [1.82, 2.24) is 10.6 Å². The van der Waals surface area contributed by atoms with Gasteiger partial charge >= 0.3 is 0 Å². The maximum absolute atomic E-state index is 11.8. The fraction of sp³-hybridized carbons (Fsp3) is 0.562. The van der Waals surface area contributed by atoms with Gasteiger partial charge in [-0.05, 0) is 30.2 Å². The molecule has 0 atom stereocenters. The van der Waals surface area contributed by atoms with Gasteiger partial charge in [-0.3, -0.25) is 4.79 Å². The topological polar surface area (TPSA) is 44.4 Å². The summed E-state index contributed by atoms with van der Waals surface area (Å²) < 4.78 is 0. The second-order valence-electron chi connectivity index (χ2n) is 5.51. The van der Waals surface area contributed by atoms with Gasteiger partial charge < -0.3 is 15.5 Å². The van der Waals surface area contributed by atoms with Crippen molar-refractivity contribution in [1.29, 1.82) is 0 Å². The molecule has 1 aromatic rings. The van der Waals surface area contributed by atoms with E-state index in [1.54, 1.807) is 0 Å². The molecule has 0 saturated carbocycles. The maximum Gasteiger partial charge on any atom is 0.239 e. The molecule has 4 nitrogen and oxygen atoms in total. The van der Waals surface area contributed by atoms with Crippen LogP contribution in [0, 0.1) is 0 Å². The van der Waals surface area contributed by atoms with E-state index in [1.807, 2.05) is 37.1 Å². The van der Waals surface area contributed by atoms with E-state index < -0.39 is 0 Å². The molecule has 0 aliphatic heterocycles. The van der Waals surface area contributed by atoms with Gasteiger partial charge in [0, 0.05) is 36.9 Å². The fourth-order valence-electron chi connectivity index (χ4n) is 2.00. The molecule has 0 spiro atoms. The number of hydrogen-bond acceptors (Lipinski definition) is 3. The average molecular weight is 312 g/mol. The number of carbonyl (C=O) groups is 1. The summed E-state index contributed by atoms with van der Waals surface area (Å²) in [6.07, 6.45) is 0.944. The summed E-state index contributed by atoms with van der Waals surface area (Å²) in [7, 11) is 1.92. The van der Waals surface area contributed by atoms with Gasteiger partial charge in [-0.2, -0.15) is 0 Å². The van der Waals surface area contributed by atoms with Gasteiger partial charge in [-0.1, -0.05) is 32.4 Å². The molecule has 0 saturated heterocycles. The molecule has 0 bridgehead atoms. The first-order chi connectivity index (χ1) is 9.93. The summed E-state index contributed by atoms with van der Waals surface area (Å²) in [4.78, 5) is 13.8. The van der Waals surface area contributed by atoms with Gasteiger partial charge in [0.25, 0.3) is 0 Å². The van der Waals surface area contributed by atoms with E-state index in [-0.39, 0.29) is 5.91 Å². The van der Waals surface area contributed by atoms with Crippen LogP contribution >= 0.6 is 11.6 Å². The van der Waals surface area contributed by atoms with Crippen LogP contribution in [0.4, 0.5) is 5.69 Å². The van der Waals surface area contributed by atoms with E-state index in [1.165, 1.54) is 0 Å². The van der Waals surface area contributed by atoms with E-state index in [0.717, 1.165) is 30.8 Å². The van der Waals surface area contributed by atoms with Crippen molar-refractivity contribution in [3.05, 3.63) is 28.8 Å². The molecule has 0 unspecified atom stereocenters. The van der Waals surface area contributed by atoms with E-state index in [9.17, 15) is 4.79 Å². The molecular formula is C16H26ClN3O. The Morgan fingerprint density at radius 3 is 2.71 bits per heavy atom. The molecule has 5 heteroatoms. The zero-order valence-electron chi connectivity index (χ0n) is 13.4. The van der Waals surface area contributed by atoms with Crippen LogP contribution in [0.25, 0.3) is 0 Å². The van der Waals surface area contributed by atoms with Gasteiger partial charge in [0.15, 0.2) is 0 Å². The van der Waals surface area contributed by atoms with Crippen LogP contribution in [0.15, 0.2) is 18.2 Å². The van der Waals surface area contributed by atoms with Crippen LogP contribution in [-0.2, 0) is 11.3 Å². The van der Waals surface area contributed by atoms with E-state index in [0.29, 0.717) is 17.6 Å². The number of benzene rings is 1. The fourth-order valence-corrected chi connectivity index (χ4v) is 2.20. The highest BCUT2D eigenvalue weighted by Gasteiger charge is 2.11. The summed E-state index contributed by atoms with van der Waals surface area (Å²) in [5.74, 6) is 0.0390. The minimum atomic E-state index is 0.0390. The van der Waals surface area contributed by atoms with Gasteiger partial charge in [0.2, 0.25) is 5.91 Å². The zero-order chi connectivity index (χ0) is 15.8. The summed E-state index contributed by atoms with van der Waals surface area (Å²) in [6.45, 7) is 8.04. The largest absolute Gasteiger partial charge is 0.365 e. The number of nitrogens with one attached hydrogen (secondary N) is 2. The number of halogens is 1. The van der Waals surface area contributed by atoms with Crippen LogP contribution in [0.3, 0.4) is 0 Å². The molecule has 0 aliphatic rings. The molecule has 21 heavy (non-hydrogen) atoms. The SMILES string of the molecule is CCCNC(=O)CN(C)c1ccc(Cl)cc1CNC(C)C. The van der Waals surface area contributed by atoms with Crippen LogP contribution in [-0.4, -0.2) is 32.1 Å². The van der Waals surface area contributed by atoms with Crippen LogP contribution < -0.4 is 15.5 Å². The minimum absolute atomic E-state index is 0.0390. The Morgan fingerprint density at radius 1 is 1.38 bits per heavy atom. The Kier molecular flexibility index (Phi) is 7.54. The number of anilines is 1. The van der Waals surface area contributed by atoms with E-state index >= 15 is 0 Å². The standard InChI is InChI=1S/C16H26ClN3O/c1-5-8-18-16(21)11-20(4)15-7-6-14(17)9-13(15)10-19-12(2)3/h6-7,9,12,19H,5,8,10-11H2,1-4H3,(H,18,21). The summed E-state index contributed by atoms with van der Waals surface area (Å²) in [5, 5.41) is 6.99. The molecule has 118 valence electrons. The summed E-state index contributed by atoms with van der Waals surface area (Å²) >= 11 is 6.09. The minimum Gasteiger partial charge on any atom is -0.365 e. The van der Waals surface area contributed by atoms with Crippen molar-refractivity contribution >= 4 is 23.2 Å². The van der Waals surface area contributed by atoms with E-state index in [2.05, 4.69) is 24.5 Å². The molecule has 1 rings (SSSR count). The smallest absolute Gasteiger partial charge is 0.239 e. The second-order valence-corrected chi connectivity index (χ2v) is 5.95. The Labute approximate surface area is 132 Å². The second kappa shape index (κ2) is 8.90. The Morgan fingerprint density at radius 2 is 2.10 bits per heavy atom. The third-order valence-electron chi connectivity index (χ3n) is 3.11. The predicted octanol–water partition coefficient (Wildman–Crippen LogP) is 2.80. The highest BCUT2D eigenvalue weighted by atomic mass is 35.5. The number of amides is 1. The highest BCUT2D eigenvalue weighted by molar-refractivity contribution is 6.30. The molecular weight excluding hydrogens is 286 g/mol. The zero-order valence-corrected chi connectivity index (χ0v) is 14.1. The first kappa shape index (κ1) is 17.8. The average Bonchev–Trinajstić information content (AvgIpc) is 2.42. The van der Waals surface area contributed by atoms with Crippen LogP contribution in [0.1, 0.15) is 32.8 Å². The number of nitrogens with zero attached hydrogens (tertiary/aromatic N) is 1. The van der Waals surface area contributed by atoms with Crippen molar-refractivity contribution in [2.75, 3.05) is 25.0 Å². The van der Waals surface area contributed by atoms with Gasteiger partial charge in [0.1, 0.15) is 0 Å². The lowest BCUT2D eigenvalue weighted by molar-refractivity contribution is -0.119. The highest BCUT2D eigenvalue weighted by Crippen LogP contribution is 2.23. The molecule has 2 N–H and O–H groups in total. The van der Waals surface area contributed by atoms with Crippen molar-refractivity contribution in [3.8, 4) is 0 Å². The maximum atomic E-state index is 11.8. The van der Waals surface area contributed by atoms with E-state index in [4.69, 9.17) is 11.6 Å². The van der Waals surface area contributed by atoms with Crippen LogP contribution in [0.2, 0.25) is 5.02 Å². The quantitative estimate of drug-likeness (QED) is 0.776. The van der Waals surface area contributed by atoms with Crippen molar-refractivity contribution in [2.24, 2.45) is 0 Å². The first-order valence-electron chi connectivity index (χ1n) is 7.43. The molecule has 1 amide bonds. The molecule has 0 fully saturated rings. The number of likely N-dealkylation sites (N-methyl/N-ethyl adjacent to an activating group) is 1. The van der Waals surface area contributed by atoms with Crippen molar-refractivity contribution in [2.45, 2.75) is 39.8 Å². The molecule has 1 aromatic carbocycles. The summed E-state index contributed by atoms with van der Waals surface area (Å²) in [6, 6.07) is 6.17. The first-order valence-corrected chi connectivity index (χ1v) is 7.81. The predicted molar refractivity (Wildman–Crippen MR) is 90.0 cm³/mol. The van der Waals surface area contributed by atoms with Crippen molar-refractivity contribution in [3.63, 3.8) is 0 Å². The molecule has 0 heterocycles. The van der Waals surface area contributed by atoms with Gasteiger partial charge in [-0.15, -0.1) is 0 Å². The van der Waals surface area contributed by atoms with Gasteiger partial charge in [0.05, 0.1) is 6.54 Å².